The molecular weight excluding hydrogens is 302 g/mol. The van der Waals surface area contributed by atoms with E-state index in [0.29, 0.717) is 12.5 Å². The number of amidine groups is 1. The fourth-order valence-corrected chi connectivity index (χ4v) is 1.44. The average Bonchev–Trinajstić information content (AvgIpc) is 3.18. The smallest absolute Gasteiger partial charge is 0.246 e. The lowest BCUT2D eigenvalue weighted by Gasteiger charge is -2.16. The van der Waals surface area contributed by atoms with Gasteiger partial charge in [0.1, 0.15) is 31.7 Å². The molecule has 0 aromatic carbocycles. The van der Waals surface area contributed by atoms with Crippen LogP contribution in [0.5, 0.6) is 0 Å². The third-order valence-corrected chi connectivity index (χ3v) is 2.41. The second kappa shape index (κ2) is 8.22. The number of aromatic nitrogens is 3. The number of rotatable bonds is 5. The third kappa shape index (κ3) is 5.02. The van der Waals surface area contributed by atoms with Crippen molar-refractivity contribution < 1.29 is 14.5 Å². The van der Waals surface area contributed by atoms with E-state index in [1.54, 1.807) is 0 Å². The highest BCUT2D eigenvalue weighted by Crippen LogP contribution is 2.05. The van der Waals surface area contributed by atoms with Gasteiger partial charge in [-0.2, -0.15) is 14.8 Å². The summed E-state index contributed by atoms with van der Waals surface area (Å²) in [5.41, 5.74) is 0. The predicted octanol–water partition coefficient (Wildman–Crippen LogP) is 1.08. The first-order chi connectivity index (χ1) is 11.1. The molecule has 0 saturated carbocycles. The van der Waals surface area contributed by atoms with Crippen molar-refractivity contribution in [2.24, 2.45) is 21.2 Å². The molecule has 10 heteroatoms. The van der Waals surface area contributed by atoms with Crippen LogP contribution in [0.1, 0.15) is 27.7 Å². The topological polar surface area (TPSA) is 98.7 Å². The molecular formula is C13H21N7O3. The molecule has 0 atom stereocenters. The van der Waals surface area contributed by atoms with Gasteiger partial charge in [0.05, 0.1) is 0 Å². The Morgan fingerprint density at radius 1 is 1.26 bits per heavy atom. The summed E-state index contributed by atoms with van der Waals surface area (Å²) < 4.78 is 1.41. The van der Waals surface area contributed by atoms with Crippen LogP contribution in [0, 0.1) is 5.92 Å². The Kier molecular flexibility index (Phi) is 6.03. The molecule has 23 heavy (non-hydrogen) atoms. The normalized spacial score (nSPS) is 15.8. The molecule has 1 aromatic heterocycles. The second-order valence-electron chi connectivity index (χ2n) is 5.40. The van der Waals surface area contributed by atoms with E-state index in [1.165, 1.54) is 28.7 Å². The van der Waals surface area contributed by atoms with Gasteiger partial charge >= 0.3 is 0 Å². The molecule has 0 unspecified atom stereocenters. The van der Waals surface area contributed by atoms with Gasteiger partial charge in [0.25, 0.3) is 0 Å². The molecule has 0 bridgehead atoms. The summed E-state index contributed by atoms with van der Waals surface area (Å²) in [4.78, 5) is 24.0. The van der Waals surface area contributed by atoms with Crippen molar-refractivity contribution in [3.05, 3.63) is 12.7 Å². The molecule has 1 aromatic rings. The van der Waals surface area contributed by atoms with Crippen LogP contribution in [0.15, 0.2) is 28.0 Å². The fraction of sp³-hybridized carbons (Fsp3) is 0.615. The minimum absolute atomic E-state index is 0.112. The maximum Gasteiger partial charge on any atom is 0.246 e. The van der Waals surface area contributed by atoms with Crippen LogP contribution in [0.4, 0.5) is 0 Å². The van der Waals surface area contributed by atoms with Gasteiger partial charge in [-0.25, -0.2) is 14.8 Å². The molecule has 0 N–H and O–H groups in total. The number of hydrogen-bond donors (Lipinski definition) is 0. The highest BCUT2D eigenvalue weighted by Gasteiger charge is 2.25. The standard InChI is InChI=1S/C13H21N7O3/c1-10(2)5-21-17-13(20-8-15-9-22-20)12(18-23-11(3)4)19-7-14-6-16-19/h6-8,10-11H,5,9H2,1-4H3. The molecule has 0 aliphatic carbocycles. The van der Waals surface area contributed by atoms with E-state index < -0.39 is 0 Å². The van der Waals surface area contributed by atoms with E-state index in [2.05, 4.69) is 25.4 Å². The number of oxime groups is 2. The summed E-state index contributed by atoms with van der Waals surface area (Å²) in [6.07, 6.45) is 4.24. The lowest BCUT2D eigenvalue weighted by atomic mass is 10.2. The Labute approximate surface area is 134 Å². The third-order valence-electron chi connectivity index (χ3n) is 2.41. The minimum atomic E-state index is -0.112. The zero-order chi connectivity index (χ0) is 16.7. The van der Waals surface area contributed by atoms with Crippen LogP contribution in [-0.4, -0.2) is 57.3 Å². The number of hydroxylamine groups is 2. The van der Waals surface area contributed by atoms with E-state index in [9.17, 15) is 0 Å². The SMILES string of the molecule is CC(C)CON=C(C(=NOC(C)C)n1cncn1)N1C=NCO1. The van der Waals surface area contributed by atoms with Gasteiger partial charge in [0, 0.05) is 0 Å². The summed E-state index contributed by atoms with van der Waals surface area (Å²) in [6, 6.07) is 0. The van der Waals surface area contributed by atoms with Gasteiger partial charge < -0.3 is 9.68 Å². The lowest BCUT2D eigenvalue weighted by Crippen LogP contribution is -2.38. The maximum absolute atomic E-state index is 5.36. The molecule has 2 heterocycles. The Hall–Kier alpha value is -2.49. The van der Waals surface area contributed by atoms with Gasteiger partial charge in [-0.15, -0.1) is 0 Å². The average molecular weight is 323 g/mol. The summed E-state index contributed by atoms with van der Waals surface area (Å²) >= 11 is 0. The van der Waals surface area contributed by atoms with Gasteiger partial charge in [0.2, 0.25) is 11.7 Å². The van der Waals surface area contributed by atoms with E-state index in [4.69, 9.17) is 14.5 Å². The van der Waals surface area contributed by atoms with Crippen molar-refractivity contribution in [3.63, 3.8) is 0 Å². The quantitative estimate of drug-likeness (QED) is 0.457. The second-order valence-corrected chi connectivity index (χ2v) is 5.40. The highest BCUT2D eigenvalue weighted by atomic mass is 16.7. The molecule has 0 spiro atoms. The van der Waals surface area contributed by atoms with Crippen LogP contribution < -0.4 is 0 Å². The zero-order valence-corrected chi connectivity index (χ0v) is 13.7. The van der Waals surface area contributed by atoms with Crippen molar-refractivity contribution in [2.75, 3.05) is 13.3 Å². The van der Waals surface area contributed by atoms with Crippen molar-refractivity contribution in [1.82, 2.24) is 19.8 Å². The predicted molar refractivity (Wildman–Crippen MR) is 83.6 cm³/mol. The Morgan fingerprint density at radius 3 is 2.65 bits per heavy atom. The monoisotopic (exact) mass is 323 g/mol. The van der Waals surface area contributed by atoms with Crippen LogP contribution >= 0.6 is 0 Å². The van der Waals surface area contributed by atoms with E-state index >= 15 is 0 Å². The first kappa shape index (κ1) is 16.9. The lowest BCUT2D eigenvalue weighted by molar-refractivity contribution is -0.0157. The van der Waals surface area contributed by atoms with Gasteiger partial charge in [0.15, 0.2) is 6.73 Å². The van der Waals surface area contributed by atoms with Gasteiger partial charge in [-0.1, -0.05) is 24.2 Å². The van der Waals surface area contributed by atoms with Crippen LogP contribution in [0.3, 0.4) is 0 Å². The minimum Gasteiger partial charge on any atom is -0.394 e. The number of aliphatic imine (C=N–C) groups is 1. The van der Waals surface area contributed by atoms with Crippen molar-refractivity contribution in [1.29, 1.82) is 0 Å². The van der Waals surface area contributed by atoms with Gasteiger partial charge in [-0.3, -0.25) is 0 Å². The van der Waals surface area contributed by atoms with Crippen LogP contribution in [0.25, 0.3) is 0 Å². The molecule has 0 fully saturated rings. The molecule has 10 nitrogen and oxygen atoms in total. The first-order valence-electron chi connectivity index (χ1n) is 7.29. The van der Waals surface area contributed by atoms with E-state index in [0.717, 1.165) is 0 Å². The van der Waals surface area contributed by atoms with Crippen molar-refractivity contribution >= 4 is 18.0 Å². The van der Waals surface area contributed by atoms with E-state index in [-0.39, 0.29) is 24.5 Å². The largest absolute Gasteiger partial charge is 0.394 e. The molecule has 0 radical (unpaired) electrons. The number of hydrogen-bond acceptors (Lipinski definition) is 8. The Morgan fingerprint density at radius 2 is 2.09 bits per heavy atom. The summed E-state index contributed by atoms with van der Waals surface area (Å²) in [5, 5.41) is 13.6. The van der Waals surface area contributed by atoms with Gasteiger partial charge in [-0.05, 0) is 19.8 Å². The number of nitrogens with zero attached hydrogens (tertiary/aromatic N) is 7. The summed E-state index contributed by atoms with van der Waals surface area (Å²) in [7, 11) is 0. The van der Waals surface area contributed by atoms with Crippen LogP contribution in [0.2, 0.25) is 0 Å². The van der Waals surface area contributed by atoms with Crippen molar-refractivity contribution in [2.45, 2.75) is 33.8 Å². The maximum atomic E-state index is 5.36. The summed E-state index contributed by atoms with van der Waals surface area (Å²) in [6.45, 7) is 8.42. The Balaban J connectivity index is 2.31. The van der Waals surface area contributed by atoms with Crippen LogP contribution in [-0.2, 0) is 14.5 Å². The summed E-state index contributed by atoms with van der Waals surface area (Å²) in [5.74, 6) is 0.859. The molecule has 0 saturated heterocycles. The molecule has 2 rings (SSSR count). The molecule has 0 amide bonds. The molecule has 1 aliphatic heterocycles. The first-order valence-corrected chi connectivity index (χ1v) is 7.29. The fourth-order valence-electron chi connectivity index (χ4n) is 1.44. The van der Waals surface area contributed by atoms with E-state index in [1.807, 2.05) is 27.7 Å². The highest BCUT2D eigenvalue weighted by molar-refractivity contribution is 6.41. The Bertz CT molecular complexity index is 566. The zero-order valence-electron chi connectivity index (χ0n) is 13.7. The molecule has 126 valence electrons. The molecule has 1 aliphatic rings. The van der Waals surface area contributed by atoms with Crippen molar-refractivity contribution in [3.8, 4) is 0 Å².